The third kappa shape index (κ3) is 9.69. The van der Waals surface area contributed by atoms with Crippen molar-refractivity contribution in [2.24, 2.45) is 28.8 Å². The standard InChI is InChI=1S/C51H66N2O7/c1-5-29-57-51-47(53(4)48(56)26-22-37-15-9-10-16-37)33-45(52-58-34-38-17-7-6-8-18-38)43-31-39(19-11-13-27-54)42(20-12-14-28-55)49(50(43)51)44-32-41(24-25-46(44)60-51)59-40-23-21-35(2)36(3)30-40/h5-8,17-18,21,23-25,30-32,37,39,42,47,49-50,54-55H,1,9-16,19-20,22,26-29,33-34H2,2-4H3. The highest BCUT2D eigenvalue weighted by atomic mass is 16.7. The van der Waals surface area contributed by atoms with Gasteiger partial charge in [-0.05, 0) is 116 Å². The Labute approximate surface area is 357 Å². The minimum Gasteiger partial charge on any atom is -0.459 e. The Balaban J connectivity index is 1.38. The highest BCUT2D eigenvalue weighted by Crippen LogP contribution is 2.62. The quantitative estimate of drug-likeness (QED) is 0.0664. The molecule has 322 valence electrons. The van der Waals surface area contributed by atoms with Crippen molar-refractivity contribution in [1.29, 1.82) is 0 Å². The summed E-state index contributed by atoms with van der Waals surface area (Å²) in [5, 5.41) is 24.8. The molecule has 3 aliphatic carbocycles. The van der Waals surface area contributed by atoms with Crippen molar-refractivity contribution >= 4 is 11.6 Å². The summed E-state index contributed by atoms with van der Waals surface area (Å²) in [4.78, 5) is 22.5. The predicted octanol–water partition coefficient (Wildman–Crippen LogP) is 10.4. The van der Waals surface area contributed by atoms with E-state index in [1.807, 2.05) is 60.5 Å². The smallest absolute Gasteiger partial charge is 0.239 e. The number of aliphatic hydroxyl groups is 2. The van der Waals surface area contributed by atoms with Gasteiger partial charge in [-0.25, -0.2) is 0 Å². The number of benzene rings is 3. The highest BCUT2D eigenvalue weighted by molar-refractivity contribution is 6.03. The van der Waals surface area contributed by atoms with E-state index in [9.17, 15) is 15.0 Å². The van der Waals surface area contributed by atoms with Gasteiger partial charge in [0.2, 0.25) is 11.7 Å². The highest BCUT2D eigenvalue weighted by Gasteiger charge is 2.65. The molecule has 0 bridgehead atoms. The molecular weight excluding hydrogens is 753 g/mol. The van der Waals surface area contributed by atoms with Gasteiger partial charge in [-0.3, -0.25) is 4.79 Å². The van der Waals surface area contributed by atoms with Crippen LogP contribution in [-0.4, -0.2) is 65.4 Å². The monoisotopic (exact) mass is 818 g/mol. The minimum atomic E-state index is -1.27. The second-order valence-corrected chi connectivity index (χ2v) is 17.6. The number of ether oxygens (including phenoxy) is 3. The number of nitrogens with zero attached hydrogens (tertiary/aromatic N) is 2. The number of hydrogen-bond acceptors (Lipinski definition) is 8. The number of allylic oxidation sites excluding steroid dienone is 1. The fourth-order valence-corrected chi connectivity index (χ4v) is 10.4. The van der Waals surface area contributed by atoms with Crippen molar-refractivity contribution in [2.45, 2.75) is 122 Å². The molecule has 1 amide bonds. The molecule has 3 aromatic carbocycles. The molecule has 0 spiro atoms. The number of aryl methyl sites for hydroxylation is 2. The average molecular weight is 819 g/mol. The van der Waals surface area contributed by atoms with Crippen LogP contribution in [0, 0.1) is 37.5 Å². The molecule has 9 heteroatoms. The summed E-state index contributed by atoms with van der Waals surface area (Å²) in [6.07, 6.45) is 15.6. The molecule has 0 aromatic heterocycles. The van der Waals surface area contributed by atoms with Crippen molar-refractivity contribution in [3.8, 4) is 17.2 Å². The topological polar surface area (TPSA) is 110 Å². The van der Waals surface area contributed by atoms with Crippen LogP contribution in [0.5, 0.6) is 17.2 Å². The van der Waals surface area contributed by atoms with E-state index in [2.05, 4.69) is 44.7 Å². The second kappa shape index (κ2) is 20.4. The first kappa shape index (κ1) is 43.6. The number of rotatable bonds is 20. The van der Waals surface area contributed by atoms with E-state index in [1.54, 1.807) is 6.08 Å². The normalized spacial score (nSPS) is 25.2. The first-order valence-corrected chi connectivity index (χ1v) is 22.5. The van der Waals surface area contributed by atoms with Crippen LogP contribution in [0.2, 0.25) is 0 Å². The maximum absolute atomic E-state index is 14.4. The Morgan fingerprint density at radius 1 is 0.933 bits per heavy atom. The van der Waals surface area contributed by atoms with Gasteiger partial charge in [0.25, 0.3) is 0 Å². The molecule has 2 fully saturated rings. The zero-order valence-electron chi connectivity index (χ0n) is 36.0. The summed E-state index contributed by atoms with van der Waals surface area (Å²) in [5.74, 6) is 1.37. The van der Waals surface area contributed by atoms with Gasteiger partial charge in [0.1, 0.15) is 29.9 Å². The average Bonchev–Trinajstić information content (AvgIpc) is 3.79. The molecule has 1 aliphatic heterocycles. The number of oxime groups is 1. The Morgan fingerprint density at radius 2 is 1.67 bits per heavy atom. The molecule has 4 aliphatic rings. The fourth-order valence-electron chi connectivity index (χ4n) is 10.4. The maximum atomic E-state index is 14.4. The summed E-state index contributed by atoms with van der Waals surface area (Å²) < 4.78 is 21.0. The van der Waals surface area contributed by atoms with Gasteiger partial charge >= 0.3 is 0 Å². The third-order valence-electron chi connectivity index (χ3n) is 13.7. The van der Waals surface area contributed by atoms with Crippen LogP contribution >= 0.6 is 0 Å². The number of hydrogen-bond donors (Lipinski definition) is 2. The number of carbonyl (C=O) groups is 1. The van der Waals surface area contributed by atoms with Crippen molar-refractivity contribution < 1.29 is 34.1 Å². The van der Waals surface area contributed by atoms with Crippen LogP contribution in [0.25, 0.3) is 0 Å². The summed E-state index contributed by atoms with van der Waals surface area (Å²) >= 11 is 0. The van der Waals surface area contributed by atoms with Gasteiger partial charge in [-0.1, -0.05) is 92.2 Å². The zero-order valence-corrected chi connectivity index (χ0v) is 36.0. The fraction of sp³-hybridized carbons (Fsp3) is 0.529. The molecule has 6 atom stereocenters. The first-order valence-electron chi connectivity index (χ1n) is 22.5. The predicted molar refractivity (Wildman–Crippen MR) is 236 cm³/mol. The third-order valence-corrected chi connectivity index (χ3v) is 13.7. The zero-order chi connectivity index (χ0) is 42.1. The Hall–Kier alpha value is -4.44. The molecular formula is C51H66N2O7. The van der Waals surface area contributed by atoms with E-state index in [0.717, 1.165) is 65.8 Å². The molecule has 0 radical (unpaired) electrons. The maximum Gasteiger partial charge on any atom is 0.239 e. The lowest BCUT2D eigenvalue weighted by atomic mass is 9.55. The lowest BCUT2D eigenvalue weighted by Crippen LogP contribution is -2.69. The summed E-state index contributed by atoms with van der Waals surface area (Å²) in [5.41, 5.74) is 6.24. The van der Waals surface area contributed by atoms with Crippen LogP contribution in [0.3, 0.4) is 0 Å². The van der Waals surface area contributed by atoms with Gasteiger partial charge in [-0.2, -0.15) is 0 Å². The van der Waals surface area contributed by atoms with E-state index in [4.69, 9.17) is 24.2 Å². The van der Waals surface area contributed by atoms with Crippen LogP contribution < -0.4 is 9.47 Å². The largest absolute Gasteiger partial charge is 0.459 e. The number of unbranched alkanes of at least 4 members (excludes halogenated alkanes) is 2. The number of aliphatic hydroxyl groups excluding tert-OH is 2. The van der Waals surface area contributed by atoms with E-state index in [0.29, 0.717) is 49.7 Å². The molecule has 3 aromatic rings. The van der Waals surface area contributed by atoms with E-state index >= 15 is 0 Å². The molecule has 2 N–H and O–H groups in total. The van der Waals surface area contributed by atoms with Crippen molar-refractivity contribution in [1.82, 2.24) is 4.90 Å². The van der Waals surface area contributed by atoms with Crippen molar-refractivity contribution in [3.05, 3.63) is 113 Å². The lowest BCUT2D eigenvalue weighted by Gasteiger charge is -2.59. The Kier molecular flexibility index (Phi) is 14.8. The molecule has 60 heavy (non-hydrogen) atoms. The molecule has 9 nitrogen and oxygen atoms in total. The number of amides is 1. The van der Waals surface area contributed by atoms with E-state index < -0.39 is 11.8 Å². The lowest BCUT2D eigenvalue weighted by molar-refractivity contribution is -0.255. The summed E-state index contributed by atoms with van der Waals surface area (Å²) in [7, 11) is 1.91. The molecule has 7 rings (SSSR count). The van der Waals surface area contributed by atoms with Gasteiger partial charge in [0, 0.05) is 44.6 Å². The molecule has 1 heterocycles. The van der Waals surface area contributed by atoms with Crippen LogP contribution in [-0.2, 0) is 21.0 Å². The van der Waals surface area contributed by atoms with Crippen LogP contribution in [0.4, 0.5) is 0 Å². The first-order chi connectivity index (χ1) is 29.3. The Morgan fingerprint density at radius 3 is 2.40 bits per heavy atom. The molecule has 0 saturated heterocycles. The number of likely N-dealkylation sites (N-methyl/N-ethyl adjacent to an activating group) is 1. The van der Waals surface area contributed by atoms with Crippen molar-refractivity contribution in [3.63, 3.8) is 0 Å². The minimum absolute atomic E-state index is 0.0748. The molecule has 2 saturated carbocycles. The molecule has 6 unspecified atom stereocenters. The van der Waals surface area contributed by atoms with Crippen molar-refractivity contribution in [2.75, 3.05) is 26.9 Å². The van der Waals surface area contributed by atoms with Crippen LogP contribution in [0.1, 0.15) is 112 Å². The summed E-state index contributed by atoms with van der Waals surface area (Å²) in [6.45, 7) is 9.06. The number of carbonyl (C=O) groups excluding carboxylic acids is 1. The van der Waals surface area contributed by atoms with Gasteiger partial charge in [0.05, 0.1) is 18.2 Å². The van der Waals surface area contributed by atoms with Crippen LogP contribution in [0.15, 0.2) is 96.2 Å². The second-order valence-electron chi connectivity index (χ2n) is 17.6. The van der Waals surface area contributed by atoms with Gasteiger partial charge in [0.15, 0.2) is 0 Å². The SMILES string of the molecule is C=CCOC12Oc3ccc(Oc4ccc(C)c(C)c4)cc3C3C(CCCCO)C(CCCCO)C=C(C(=NOCc4ccccc4)CC1N(C)C(=O)CCC1CCCC1)C32. The Bertz CT molecular complexity index is 1970. The van der Waals surface area contributed by atoms with E-state index in [1.165, 1.54) is 31.2 Å². The summed E-state index contributed by atoms with van der Waals surface area (Å²) in [6, 6.07) is 21.8. The van der Waals surface area contributed by atoms with Gasteiger partial charge < -0.3 is 34.2 Å². The van der Waals surface area contributed by atoms with E-state index in [-0.39, 0.29) is 49.4 Å². The van der Waals surface area contributed by atoms with Gasteiger partial charge in [-0.15, -0.1) is 6.58 Å². The number of fused-ring (bicyclic) bond motifs is 2.